The Morgan fingerprint density at radius 2 is 1.55 bits per heavy atom. The minimum Gasteiger partial charge on any atom is -0.496 e. The molecule has 4 aromatic carbocycles. The summed E-state index contributed by atoms with van der Waals surface area (Å²) in [5.41, 5.74) is 2.30. The lowest BCUT2D eigenvalue weighted by Crippen LogP contribution is -2.49. The van der Waals surface area contributed by atoms with E-state index in [0.29, 0.717) is 33.9 Å². The van der Waals surface area contributed by atoms with Gasteiger partial charge in [0, 0.05) is 11.9 Å². The zero-order chi connectivity index (χ0) is 30.4. The molecule has 218 valence electrons. The smallest absolute Gasteiger partial charge is 0.238 e. The minimum atomic E-state index is -1.44. The third kappa shape index (κ3) is 3.85. The van der Waals surface area contributed by atoms with E-state index in [1.807, 2.05) is 65.7 Å². The Bertz CT molecular complexity index is 1860. The summed E-state index contributed by atoms with van der Waals surface area (Å²) in [7, 11) is 1.51. The third-order valence-electron chi connectivity index (χ3n) is 9.00. The number of anilines is 1. The maximum Gasteiger partial charge on any atom is 0.238 e. The summed E-state index contributed by atoms with van der Waals surface area (Å²) in [5, 5.41) is 3.08. The van der Waals surface area contributed by atoms with Crippen LogP contribution in [0.25, 0.3) is 6.08 Å². The van der Waals surface area contributed by atoms with E-state index in [0.717, 1.165) is 11.1 Å². The Morgan fingerprint density at radius 1 is 0.886 bits per heavy atom. The summed E-state index contributed by atoms with van der Waals surface area (Å²) >= 11 is 0. The van der Waals surface area contributed by atoms with Gasteiger partial charge in [-0.3, -0.25) is 14.4 Å². The van der Waals surface area contributed by atoms with Crippen LogP contribution in [0.4, 0.5) is 5.69 Å². The zero-order valence-electron chi connectivity index (χ0n) is 24.1. The average Bonchev–Trinajstić information content (AvgIpc) is 3.55. The minimum absolute atomic E-state index is 0.192. The van der Waals surface area contributed by atoms with Gasteiger partial charge in [-0.1, -0.05) is 79.4 Å². The number of hydrogen-bond acceptors (Lipinski definition) is 6. The lowest BCUT2D eigenvalue weighted by atomic mass is 9.62. The Balaban J connectivity index is 1.54. The van der Waals surface area contributed by atoms with Gasteiger partial charge in [0.15, 0.2) is 11.6 Å². The number of fused-ring (bicyclic) bond motifs is 6. The number of rotatable bonds is 8. The molecule has 1 spiro atoms. The van der Waals surface area contributed by atoms with Gasteiger partial charge in [-0.15, -0.1) is 0 Å². The zero-order valence-corrected chi connectivity index (χ0v) is 24.1. The van der Waals surface area contributed by atoms with Crippen molar-refractivity contribution in [3.8, 4) is 11.5 Å². The monoisotopic (exact) mass is 582 g/mol. The molecule has 7 heteroatoms. The third-order valence-corrected chi connectivity index (χ3v) is 9.00. The predicted molar refractivity (Wildman–Crippen MR) is 168 cm³/mol. The standard InChI is InChI=1S/C37H30N2O5/c1-3-22-44-30-19-11-7-15-26(30)33(40)31-32(34(41)25-14-6-10-18-29(25)43-2)39-21-20-23-12-4-5-13-24(23)35(39)37(31)27-16-8-9-17-28(27)38-36(37)42/h3-21,31-32,35H,1,22H2,2H3,(H,38,42). The first kappa shape index (κ1) is 27.4. The molecule has 0 radical (unpaired) electrons. The second-order valence-corrected chi connectivity index (χ2v) is 11.1. The summed E-state index contributed by atoms with van der Waals surface area (Å²) in [6, 6.07) is 27.6. The molecule has 3 aliphatic heterocycles. The van der Waals surface area contributed by atoms with E-state index in [-0.39, 0.29) is 24.1 Å². The SMILES string of the molecule is C=CCOc1ccccc1C(=O)C1C(C(=O)c2ccccc2OC)N2C=Cc3ccccc3C2C12C(=O)Nc1ccccc12. The summed E-state index contributed by atoms with van der Waals surface area (Å²) in [4.78, 5) is 46.6. The van der Waals surface area contributed by atoms with Gasteiger partial charge in [-0.2, -0.15) is 0 Å². The average molecular weight is 583 g/mol. The second kappa shape index (κ2) is 10.7. The highest BCUT2D eigenvalue weighted by atomic mass is 16.5. The summed E-state index contributed by atoms with van der Waals surface area (Å²) < 4.78 is 11.5. The van der Waals surface area contributed by atoms with Crippen LogP contribution in [0.15, 0.2) is 116 Å². The molecule has 7 nitrogen and oxygen atoms in total. The molecule has 3 aliphatic rings. The number of para-hydroxylation sites is 3. The molecule has 4 unspecified atom stereocenters. The van der Waals surface area contributed by atoms with E-state index >= 15 is 4.79 Å². The number of ketones is 2. The van der Waals surface area contributed by atoms with Crippen LogP contribution in [0, 0.1) is 5.92 Å². The van der Waals surface area contributed by atoms with Crippen molar-refractivity contribution in [3.05, 3.63) is 144 Å². The number of Topliss-reactive ketones (excluding diaryl/α,β-unsaturated/α-hetero) is 2. The molecule has 0 aromatic heterocycles. The van der Waals surface area contributed by atoms with Crippen LogP contribution in [0.3, 0.4) is 0 Å². The number of benzene rings is 4. The molecule has 44 heavy (non-hydrogen) atoms. The van der Waals surface area contributed by atoms with Crippen LogP contribution in [0.5, 0.6) is 11.5 Å². The first-order chi connectivity index (χ1) is 21.5. The molecule has 0 saturated carbocycles. The predicted octanol–water partition coefficient (Wildman–Crippen LogP) is 6.24. The van der Waals surface area contributed by atoms with Crippen molar-refractivity contribution in [2.75, 3.05) is 19.0 Å². The molecule has 1 fully saturated rings. The maximum absolute atomic E-state index is 15.2. The van der Waals surface area contributed by atoms with Crippen molar-refractivity contribution < 1.29 is 23.9 Å². The molecule has 4 atom stereocenters. The molecular formula is C37H30N2O5. The van der Waals surface area contributed by atoms with Crippen LogP contribution in [0.1, 0.15) is 43.4 Å². The number of amides is 1. The fraction of sp³-hybridized carbons (Fsp3) is 0.162. The topological polar surface area (TPSA) is 84.9 Å². The van der Waals surface area contributed by atoms with Crippen molar-refractivity contribution in [2.24, 2.45) is 5.92 Å². The molecular weight excluding hydrogens is 552 g/mol. The van der Waals surface area contributed by atoms with Crippen molar-refractivity contribution >= 4 is 29.2 Å². The first-order valence-electron chi connectivity index (χ1n) is 14.5. The fourth-order valence-electron chi connectivity index (χ4n) is 7.29. The van der Waals surface area contributed by atoms with E-state index in [2.05, 4.69) is 11.9 Å². The second-order valence-electron chi connectivity index (χ2n) is 11.1. The number of nitrogens with one attached hydrogen (secondary N) is 1. The molecule has 0 bridgehead atoms. The van der Waals surface area contributed by atoms with Gasteiger partial charge in [0.05, 0.1) is 30.2 Å². The number of nitrogens with zero attached hydrogens (tertiary/aromatic N) is 1. The largest absolute Gasteiger partial charge is 0.496 e. The Morgan fingerprint density at radius 3 is 2.32 bits per heavy atom. The van der Waals surface area contributed by atoms with Gasteiger partial charge in [0.25, 0.3) is 0 Å². The molecule has 7 rings (SSSR count). The number of carbonyl (C=O) groups excluding carboxylic acids is 3. The molecule has 1 saturated heterocycles. The number of carbonyl (C=O) groups is 3. The van der Waals surface area contributed by atoms with Gasteiger partial charge in [-0.25, -0.2) is 0 Å². The van der Waals surface area contributed by atoms with Crippen molar-refractivity contribution in [2.45, 2.75) is 17.5 Å². The normalized spacial score (nSPS) is 22.5. The number of ether oxygens (including phenoxy) is 2. The highest BCUT2D eigenvalue weighted by Gasteiger charge is 2.71. The van der Waals surface area contributed by atoms with Gasteiger partial charge in [0.2, 0.25) is 5.91 Å². The first-order valence-corrected chi connectivity index (χ1v) is 14.5. The maximum atomic E-state index is 15.2. The van der Waals surface area contributed by atoms with E-state index < -0.39 is 23.4 Å². The summed E-state index contributed by atoms with van der Waals surface area (Å²) in [6.07, 6.45) is 5.40. The van der Waals surface area contributed by atoms with Crippen LogP contribution < -0.4 is 14.8 Å². The Kier molecular flexibility index (Phi) is 6.66. The van der Waals surface area contributed by atoms with Crippen LogP contribution in [-0.2, 0) is 10.2 Å². The van der Waals surface area contributed by atoms with E-state index in [9.17, 15) is 9.59 Å². The van der Waals surface area contributed by atoms with Crippen LogP contribution in [-0.4, -0.2) is 42.1 Å². The quantitative estimate of drug-likeness (QED) is 0.196. The number of methoxy groups -OCH3 is 1. The van der Waals surface area contributed by atoms with Gasteiger partial charge in [0.1, 0.15) is 29.6 Å². The molecule has 3 heterocycles. The Labute approximate surface area is 255 Å². The lowest BCUT2D eigenvalue weighted by molar-refractivity contribution is -0.122. The van der Waals surface area contributed by atoms with Gasteiger partial charge >= 0.3 is 0 Å². The highest BCUT2D eigenvalue weighted by molar-refractivity contribution is 6.17. The lowest BCUT2D eigenvalue weighted by Gasteiger charge is -2.38. The molecule has 1 N–H and O–H groups in total. The van der Waals surface area contributed by atoms with Crippen LogP contribution >= 0.6 is 0 Å². The van der Waals surface area contributed by atoms with Crippen LogP contribution in [0.2, 0.25) is 0 Å². The van der Waals surface area contributed by atoms with E-state index in [4.69, 9.17) is 9.47 Å². The molecule has 1 amide bonds. The fourth-order valence-corrected chi connectivity index (χ4v) is 7.29. The van der Waals surface area contributed by atoms with Crippen molar-refractivity contribution in [1.29, 1.82) is 0 Å². The molecule has 0 aliphatic carbocycles. The van der Waals surface area contributed by atoms with Crippen molar-refractivity contribution in [1.82, 2.24) is 4.90 Å². The highest BCUT2D eigenvalue weighted by Crippen LogP contribution is 2.62. The summed E-state index contributed by atoms with van der Waals surface area (Å²) in [5.74, 6) is -1.36. The molecule has 4 aromatic rings. The summed E-state index contributed by atoms with van der Waals surface area (Å²) in [6.45, 7) is 3.93. The number of hydrogen-bond donors (Lipinski definition) is 1. The van der Waals surface area contributed by atoms with E-state index in [1.165, 1.54) is 7.11 Å². The Hall–Kier alpha value is -5.43. The van der Waals surface area contributed by atoms with Gasteiger partial charge in [-0.05, 0) is 53.1 Å². The van der Waals surface area contributed by atoms with Gasteiger partial charge < -0.3 is 19.7 Å². The van der Waals surface area contributed by atoms with E-state index in [1.54, 1.807) is 54.6 Å². The van der Waals surface area contributed by atoms with Crippen molar-refractivity contribution in [3.63, 3.8) is 0 Å².